The zero-order valence-electron chi connectivity index (χ0n) is 10.9. The molecule has 0 aromatic carbocycles. The predicted molar refractivity (Wildman–Crippen MR) is 72.9 cm³/mol. The van der Waals surface area contributed by atoms with Gasteiger partial charge in [-0.3, -0.25) is 0 Å². The van der Waals surface area contributed by atoms with Gasteiger partial charge in [0.15, 0.2) is 0 Å². The summed E-state index contributed by atoms with van der Waals surface area (Å²) in [5, 5.41) is 3.59. The van der Waals surface area contributed by atoms with Gasteiger partial charge in [-0.2, -0.15) is 11.8 Å². The van der Waals surface area contributed by atoms with Crippen LogP contribution in [0.25, 0.3) is 0 Å². The van der Waals surface area contributed by atoms with E-state index < -0.39 is 0 Å². The summed E-state index contributed by atoms with van der Waals surface area (Å²) in [6.45, 7) is 11.4. The second kappa shape index (κ2) is 10.8. The molecule has 1 N–H and O–H groups in total. The summed E-state index contributed by atoms with van der Waals surface area (Å²) in [5.41, 5.74) is 0. The molecule has 2 nitrogen and oxygen atoms in total. The van der Waals surface area contributed by atoms with Crippen LogP contribution in [0, 0.1) is 0 Å². The third kappa shape index (κ3) is 9.21. The van der Waals surface area contributed by atoms with Crippen molar-refractivity contribution >= 4 is 11.8 Å². The lowest BCUT2D eigenvalue weighted by Gasteiger charge is -2.23. The highest BCUT2D eigenvalue weighted by atomic mass is 32.2. The van der Waals surface area contributed by atoms with Gasteiger partial charge < -0.3 is 10.2 Å². The Kier molecular flexibility index (Phi) is 11.0. The molecular weight excluding hydrogens is 204 g/mol. The number of hydrogen-bond donors (Lipinski definition) is 1. The molecule has 1 unspecified atom stereocenters. The quantitative estimate of drug-likeness (QED) is 0.583. The zero-order chi connectivity index (χ0) is 11.5. The van der Waals surface area contributed by atoms with Gasteiger partial charge in [0.1, 0.15) is 0 Å². The minimum absolute atomic E-state index is 0.624. The van der Waals surface area contributed by atoms with E-state index in [0.717, 1.165) is 13.1 Å². The number of nitrogens with zero attached hydrogens (tertiary/aromatic N) is 1. The third-order valence-corrected chi connectivity index (χ3v) is 3.39. The number of nitrogens with one attached hydrogen (secondary N) is 1. The molecule has 1 atom stereocenters. The zero-order valence-corrected chi connectivity index (χ0v) is 11.7. The number of thioether (sulfide) groups is 1. The average molecular weight is 232 g/mol. The molecule has 0 aliphatic carbocycles. The van der Waals surface area contributed by atoms with Gasteiger partial charge in [0.2, 0.25) is 0 Å². The highest BCUT2D eigenvalue weighted by molar-refractivity contribution is 7.98. The van der Waals surface area contributed by atoms with E-state index in [1.54, 1.807) is 0 Å². The SMILES string of the molecule is CCN(CC)CC(C)NCCCCSC. The predicted octanol–water partition coefficient (Wildman–Crippen LogP) is 2.45. The van der Waals surface area contributed by atoms with Gasteiger partial charge >= 0.3 is 0 Å². The van der Waals surface area contributed by atoms with Crippen LogP contribution in [0.15, 0.2) is 0 Å². The Labute approximate surface area is 100 Å². The first kappa shape index (κ1) is 15.3. The molecule has 0 rings (SSSR count). The second-order valence-corrected chi connectivity index (χ2v) is 5.03. The van der Waals surface area contributed by atoms with Crippen molar-refractivity contribution in [3.63, 3.8) is 0 Å². The summed E-state index contributed by atoms with van der Waals surface area (Å²) < 4.78 is 0. The average Bonchev–Trinajstić information content (AvgIpc) is 2.25. The van der Waals surface area contributed by atoms with E-state index >= 15 is 0 Å². The van der Waals surface area contributed by atoms with Crippen molar-refractivity contribution < 1.29 is 0 Å². The molecule has 0 spiro atoms. The first-order valence-corrected chi connectivity index (χ1v) is 7.58. The van der Waals surface area contributed by atoms with Gasteiger partial charge in [0.25, 0.3) is 0 Å². The monoisotopic (exact) mass is 232 g/mol. The van der Waals surface area contributed by atoms with Crippen LogP contribution >= 0.6 is 11.8 Å². The Hall–Kier alpha value is 0.270. The fourth-order valence-electron chi connectivity index (χ4n) is 1.65. The first-order valence-electron chi connectivity index (χ1n) is 6.19. The molecule has 0 saturated carbocycles. The molecule has 0 radical (unpaired) electrons. The lowest BCUT2D eigenvalue weighted by atomic mass is 10.2. The summed E-state index contributed by atoms with van der Waals surface area (Å²) in [6.07, 6.45) is 4.83. The number of rotatable bonds is 10. The van der Waals surface area contributed by atoms with Crippen molar-refractivity contribution in [2.75, 3.05) is 38.2 Å². The number of unbranched alkanes of at least 4 members (excludes halogenated alkanes) is 1. The molecule has 0 aromatic rings. The molecule has 3 heteroatoms. The van der Waals surface area contributed by atoms with Gasteiger partial charge in [0, 0.05) is 12.6 Å². The molecule has 0 saturated heterocycles. The van der Waals surface area contributed by atoms with Crippen LogP contribution in [0.3, 0.4) is 0 Å². The molecule has 15 heavy (non-hydrogen) atoms. The van der Waals surface area contributed by atoms with Gasteiger partial charge in [-0.1, -0.05) is 13.8 Å². The van der Waals surface area contributed by atoms with Crippen molar-refractivity contribution in [1.29, 1.82) is 0 Å². The second-order valence-electron chi connectivity index (χ2n) is 4.04. The Morgan fingerprint density at radius 1 is 1.20 bits per heavy atom. The van der Waals surface area contributed by atoms with Crippen molar-refractivity contribution in [3.8, 4) is 0 Å². The van der Waals surface area contributed by atoms with Gasteiger partial charge in [0.05, 0.1) is 0 Å². The summed E-state index contributed by atoms with van der Waals surface area (Å²) in [5.74, 6) is 1.30. The molecule has 0 aromatic heterocycles. The van der Waals surface area contributed by atoms with Crippen molar-refractivity contribution in [3.05, 3.63) is 0 Å². The van der Waals surface area contributed by atoms with Gasteiger partial charge in [-0.15, -0.1) is 0 Å². The van der Waals surface area contributed by atoms with E-state index in [-0.39, 0.29) is 0 Å². The van der Waals surface area contributed by atoms with Crippen molar-refractivity contribution in [2.45, 2.75) is 39.7 Å². The molecule has 0 aliphatic rings. The fourth-order valence-corrected chi connectivity index (χ4v) is 2.15. The van der Waals surface area contributed by atoms with E-state index in [2.05, 4.69) is 37.2 Å². The first-order chi connectivity index (χ1) is 7.24. The van der Waals surface area contributed by atoms with Crippen LogP contribution in [0.4, 0.5) is 0 Å². The molecule has 0 amide bonds. The maximum Gasteiger partial charge on any atom is 0.0166 e. The van der Waals surface area contributed by atoms with Crippen LogP contribution in [-0.4, -0.2) is 49.1 Å². The summed E-state index contributed by atoms with van der Waals surface area (Å²) in [4.78, 5) is 2.47. The Balaban J connectivity index is 3.35. The van der Waals surface area contributed by atoms with Gasteiger partial charge in [-0.25, -0.2) is 0 Å². The normalized spacial score (nSPS) is 13.4. The van der Waals surface area contributed by atoms with E-state index in [4.69, 9.17) is 0 Å². The van der Waals surface area contributed by atoms with E-state index in [0.29, 0.717) is 6.04 Å². The van der Waals surface area contributed by atoms with Crippen LogP contribution < -0.4 is 5.32 Å². The van der Waals surface area contributed by atoms with Crippen LogP contribution in [0.2, 0.25) is 0 Å². The van der Waals surface area contributed by atoms with Crippen LogP contribution in [-0.2, 0) is 0 Å². The molecule has 0 heterocycles. The van der Waals surface area contributed by atoms with E-state index in [1.165, 1.54) is 31.7 Å². The molecule has 0 aliphatic heterocycles. The van der Waals surface area contributed by atoms with Crippen LogP contribution in [0.1, 0.15) is 33.6 Å². The summed E-state index contributed by atoms with van der Waals surface area (Å²) in [7, 11) is 0. The highest BCUT2D eigenvalue weighted by Gasteiger charge is 2.05. The van der Waals surface area contributed by atoms with E-state index in [1.807, 2.05) is 11.8 Å². The van der Waals surface area contributed by atoms with E-state index in [9.17, 15) is 0 Å². The topological polar surface area (TPSA) is 15.3 Å². The Morgan fingerprint density at radius 2 is 1.87 bits per heavy atom. The molecule has 92 valence electrons. The Bertz CT molecular complexity index is 127. The summed E-state index contributed by atoms with van der Waals surface area (Å²) in [6, 6.07) is 0.624. The summed E-state index contributed by atoms with van der Waals surface area (Å²) >= 11 is 1.94. The minimum atomic E-state index is 0.624. The van der Waals surface area contributed by atoms with Crippen molar-refractivity contribution in [1.82, 2.24) is 10.2 Å². The molecule has 0 bridgehead atoms. The van der Waals surface area contributed by atoms with Crippen molar-refractivity contribution in [2.24, 2.45) is 0 Å². The minimum Gasteiger partial charge on any atom is -0.313 e. The molecule has 0 fully saturated rings. The maximum atomic E-state index is 3.59. The van der Waals surface area contributed by atoms with Crippen LogP contribution in [0.5, 0.6) is 0 Å². The maximum absolute atomic E-state index is 3.59. The lowest BCUT2D eigenvalue weighted by Crippen LogP contribution is -2.39. The molecular formula is C12H28N2S. The number of likely N-dealkylation sites (N-methyl/N-ethyl adjacent to an activating group) is 1. The van der Waals surface area contributed by atoms with Gasteiger partial charge in [-0.05, 0) is 51.4 Å². The number of hydrogen-bond acceptors (Lipinski definition) is 3. The standard InChI is InChI=1S/C12H28N2S/c1-5-14(6-2)11-12(3)13-9-7-8-10-15-4/h12-13H,5-11H2,1-4H3. The smallest absolute Gasteiger partial charge is 0.0166 e. The Morgan fingerprint density at radius 3 is 2.40 bits per heavy atom. The third-order valence-electron chi connectivity index (χ3n) is 2.69. The lowest BCUT2D eigenvalue weighted by molar-refractivity contribution is 0.271. The largest absolute Gasteiger partial charge is 0.313 e. The highest BCUT2D eigenvalue weighted by Crippen LogP contribution is 1.98. The fraction of sp³-hybridized carbons (Fsp3) is 1.00.